The summed E-state index contributed by atoms with van der Waals surface area (Å²) in [6.45, 7) is 6.66. The summed E-state index contributed by atoms with van der Waals surface area (Å²) in [5, 5.41) is 3.22. The van der Waals surface area contributed by atoms with E-state index < -0.39 is 6.04 Å². The third kappa shape index (κ3) is 6.69. The second-order valence-corrected chi connectivity index (χ2v) is 9.09. The van der Waals surface area contributed by atoms with Crippen LogP contribution in [0.3, 0.4) is 0 Å². The monoisotopic (exact) mass is 434 g/mol. The SMILES string of the molecule is CCc1ccc(CCC(=O)N(Cc2cccc(C)c2)C(CC)C(=O)NC2CCCC2)cc1. The fourth-order valence-corrected chi connectivity index (χ4v) is 4.63. The number of amides is 2. The normalized spacial score (nSPS) is 14.8. The molecule has 3 rings (SSSR count). The fraction of sp³-hybridized carbons (Fsp3) is 0.500. The van der Waals surface area contributed by atoms with E-state index in [-0.39, 0.29) is 17.9 Å². The van der Waals surface area contributed by atoms with Crippen molar-refractivity contribution >= 4 is 11.8 Å². The lowest BCUT2D eigenvalue weighted by Gasteiger charge is -2.31. The maximum absolute atomic E-state index is 13.4. The molecule has 1 fully saturated rings. The second kappa shape index (κ2) is 11.8. The lowest BCUT2D eigenvalue weighted by Crippen LogP contribution is -2.51. The first-order valence-electron chi connectivity index (χ1n) is 12.2. The number of carbonyl (C=O) groups excluding carboxylic acids is 2. The Morgan fingerprint density at radius 1 is 1.00 bits per heavy atom. The van der Waals surface area contributed by atoms with Crippen LogP contribution in [0.2, 0.25) is 0 Å². The summed E-state index contributed by atoms with van der Waals surface area (Å²) in [6.07, 6.45) is 7.15. The Hall–Kier alpha value is -2.62. The van der Waals surface area contributed by atoms with Crippen LogP contribution >= 0.6 is 0 Å². The van der Waals surface area contributed by atoms with Crippen molar-refractivity contribution in [2.75, 3.05) is 0 Å². The lowest BCUT2D eigenvalue weighted by molar-refractivity contribution is -0.141. The van der Waals surface area contributed by atoms with E-state index in [9.17, 15) is 9.59 Å². The van der Waals surface area contributed by atoms with E-state index >= 15 is 0 Å². The largest absolute Gasteiger partial charge is 0.352 e. The number of aryl methyl sites for hydroxylation is 3. The van der Waals surface area contributed by atoms with E-state index in [2.05, 4.69) is 55.6 Å². The molecule has 1 aliphatic rings. The predicted molar refractivity (Wildman–Crippen MR) is 130 cm³/mol. The molecule has 4 heteroatoms. The van der Waals surface area contributed by atoms with E-state index in [0.717, 1.165) is 36.0 Å². The highest BCUT2D eigenvalue weighted by Gasteiger charge is 2.30. The summed E-state index contributed by atoms with van der Waals surface area (Å²) in [5.74, 6) is 0.0344. The van der Waals surface area contributed by atoms with E-state index in [1.54, 1.807) is 4.90 Å². The minimum atomic E-state index is -0.439. The molecule has 4 nitrogen and oxygen atoms in total. The molecular weight excluding hydrogens is 396 g/mol. The molecular formula is C28H38N2O2. The Morgan fingerprint density at radius 3 is 2.31 bits per heavy atom. The number of benzene rings is 2. The summed E-state index contributed by atoms with van der Waals surface area (Å²) >= 11 is 0. The van der Waals surface area contributed by atoms with Gasteiger partial charge in [0.1, 0.15) is 6.04 Å². The third-order valence-electron chi connectivity index (χ3n) is 6.58. The van der Waals surface area contributed by atoms with Crippen molar-refractivity contribution in [2.24, 2.45) is 0 Å². The van der Waals surface area contributed by atoms with Crippen molar-refractivity contribution in [1.29, 1.82) is 0 Å². The van der Waals surface area contributed by atoms with E-state index in [4.69, 9.17) is 0 Å². The predicted octanol–water partition coefficient (Wildman–Crippen LogP) is 5.36. The van der Waals surface area contributed by atoms with Gasteiger partial charge in [0.15, 0.2) is 0 Å². The number of hydrogen-bond acceptors (Lipinski definition) is 2. The number of carbonyl (C=O) groups is 2. The summed E-state index contributed by atoms with van der Waals surface area (Å²) in [5.41, 5.74) is 4.69. The molecule has 0 bridgehead atoms. The van der Waals surface area contributed by atoms with E-state index in [1.165, 1.54) is 18.4 Å². The molecule has 2 amide bonds. The van der Waals surface area contributed by atoms with Crippen molar-refractivity contribution in [3.05, 3.63) is 70.8 Å². The number of hydrogen-bond donors (Lipinski definition) is 1. The number of nitrogens with one attached hydrogen (secondary N) is 1. The molecule has 2 aromatic carbocycles. The molecule has 2 aromatic rings. The van der Waals surface area contributed by atoms with Crippen LogP contribution in [-0.4, -0.2) is 28.8 Å². The molecule has 0 heterocycles. The molecule has 32 heavy (non-hydrogen) atoms. The fourth-order valence-electron chi connectivity index (χ4n) is 4.63. The van der Waals surface area contributed by atoms with Gasteiger partial charge in [0.2, 0.25) is 11.8 Å². The van der Waals surface area contributed by atoms with E-state index in [0.29, 0.717) is 25.8 Å². The first kappa shape index (κ1) is 24.0. The molecule has 1 atom stereocenters. The first-order chi connectivity index (χ1) is 15.5. The van der Waals surface area contributed by atoms with Gasteiger partial charge in [-0.1, -0.05) is 80.8 Å². The van der Waals surface area contributed by atoms with Crippen LogP contribution in [-0.2, 0) is 29.0 Å². The van der Waals surface area contributed by atoms with Gasteiger partial charge in [-0.3, -0.25) is 9.59 Å². The third-order valence-corrected chi connectivity index (χ3v) is 6.58. The maximum atomic E-state index is 13.4. The summed E-state index contributed by atoms with van der Waals surface area (Å²) in [7, 11) is 0. The standard InChI is InChI=1S/C28H38N2O2/c1-4-22-13-15-23(16-14-22)17-18-27(31)30(20-24-10-8-9-21(3)19-24)26(5-2)28(32)29-25-11-6-7-12-25/h8-10,13-16,19,25-26H,4-7,11-12,17-18,20H2,1-3H3,(H,29,32). The van der Waals surface area contributed by atoms with Crippen molar-refractivity contribution < 1.29 is 9.59 Å². The lowest BCUT2D eigenvalue weighted by atomic mass is 10.0. The molecule has 0 aromatic heterocycles. The van der Waals surface area contributed by atoms with Gasteiger partial charge in [-0.05, 0) is 55.7 Å². The molecule has 1 aliphatic carbocycles. The minimum Gasteiger partial charge on any atom is -0.352 e. The molecule has 0 radical (unpaired) electrons. The number of rotatable bonds is 10. The summed E-state index contributed by atoms with van der Waals surface area (Å²) in [4.78, 5) is 28.4. The van der Waals surface area contributed by atoms with Crippen LogP contribution in [0.5, 0.6) is 0 Å². The molecule has 0 aliphatic heterocycles. The zero-order valence-electron chi connectivity index (χ0n) is 19.9. The van der Waals surface area contributed by atoms with Gasteiger partial charge < -0.3 is 10.2 Å². The van der Waals surface area contributed by atoms with Gasteiger partial charge in [-0.2, -0.15) is 0 Å². The van der Waals surface area contributed by atoms with Crippen LogP contribution in [0.1, 0.15) is 74.6 Å². The Balaban J connectivity index is 1.74. The topological polar surface area (TPSA) is 49.4 Å². The summed E-state index contributed by atoms with van der Waals surface area (Å²) < 4.78 is 0. The van der Waals surface area contributed by atoms with E-state index in [1.807, 2.05) is 19.1 Å². The van der Waals surface area contributed by atoms with Gasteiger partial charge in [0, 0.05) is 19.0 Å². The molecule has 0 saturated heterocycles. The highest BCUT2D eigenvalue weighted by molar-refractivity contribution is 5.88. The van der Waals surface area contributed by atoms with Crippen molar-refractivity contribution in [1.82, 2.24) is 10.2 Å². The second-order valence-electron chi connectivity index (χ2n) is 9.09. The van der Waals surface area contributed by atoms with Crippen molar-refractivity contribution in [2.45, 2.75) is 90.8 Å². The Labute approximate surface area is 193 Å². The van der Waals surface area contributed by atoms with Gasteiger partial charge in [0.05, 0.1) is 0 Å². The highest BCUT2D eigenvalue weighted by atomic mass is 16.2. The first-order valence-corrected chi connectivity index (χ1v) is 12.2. The molecule has 1 saturated carbocycles. The maximum Gasteiger partial charge on any atom is 0.243 e. The number of nitrogens with zero attached hydrogens (tertiary/aromatic N) is 1. The van der Waals surface area contributed by atoms with Crippen LogP contribution < -0.4 is 5.32 Å². The molecule has 1 N–H and O–H groups in total. The van der Waals surface area contributed by atoms with Gasteiger partial charge in [-0.15, -0.1) is 0 Å². The molecule has 172 valence electrons. The van der Waals surface area contributed by atoms with Crippen molar-refractivity contribution in [3.63, 3.8) is 0 Å². The smallest absolute Gasteiger partial charge is 0.243 e. The zero-order valence-corrected chi connectivity index (χ0v) is 19.9. The zero-order chi connectivity index (χ0) is 22.9. The molecule has 1 unspecified atom stereocenters. The summed E-state index contributed by atoms with van der Waals surface area (Å²) in [6, 6.07) is 16.5. The van der Waals surface area contributed by atoms with Crippen LogP contribution in [0.25, 0.3) is 0 Å². The minimum absolute atomic E-state index is 0.00676. The van der Waals surface area contributed by atoms with Crippen LogP contribution in [0, 0.1) is 6.92 Å². The van der Waals surface area contributed by atoms with Gasteiger partial charge >= 0.3 is 0 Å². The highest BCUT2D eigenvalue weighted by Crippen LogP contribution is 2.20. The average Bonchev–Trinajstić information content (AvgIpc) is 3.30. The van der Waals surface area contributed by atoms with Crippen LogP contribution in [0.15, 0.2) is 48.5 Å². The van der Waals surface area contributed by atoms with Crippen LogP contribution in [0.4, 0.5) is 0 Å². The quantitative estimate of drug-likeness (QED) is 0.547. The Morgan fingerprint density at radius 2 is 1.69 bits per heavy atom. The van der Waals surface area contributed by atoms with Crippen molar-refractivity contribution in [3.8, 4) is 0 Å². The van der Waals surface area contributed by atoms with Gasteiger partial charge in [0.25, 0.3) is 0 Å². The van der Waals surface area contributed by atoms with Gasteiger partial charge in [-0.25, -0.2) is 0 Å². The molecule has 0 spiro atoms. The average molecular weight is 435 g/mol. The Kier molecular flexibility index (Phi) is 8.90. The Bertz CT molecular complexity index is 885.